The molecular weight excluding hydrogens is 474 g/mol. The number of fused-ring (bicyclic) bond motifs is 3. The number of nitrogens with zero attached hydrogens (tertiary/aromatic N) is 3. The number of rotatable bonds is 8. The second kappa shape index (κ2) is 11.3. The molecule has 0 radical (unpaired) electrons. The van der Waals surface area contributed by atoms with Crippen molar-refractivity contribution in [1.29, 1.82) is 0 Å². The van der Waals surface area contributed by atoms with Gasteiger partial charge in [-0.1, -0.05) is 24.3 Å². The minimum Gasteiger partial charge on any atom is -0.379 e. The van der Waals surface area contributed by atoms with E-state index in [1.807, 2.05) is 18.2 Å². The summed E-state index contributed by atoms with van der Waals surface area (Å²) in [7, 11) is 0. The molecule has 1 aromatic heterocycles. The lowest BCUT2D eigenvalue weighted by Gasteiger charge is -2.28. The van der Waals surface area contributed by atoms with Gasteiger partial charge in [-0.05, 0) is 49.2 Å². The van der Waals surface area contributed by atoms with Crippen molar-refractivity contribution in [2.45, 2.75) is 26.4 Å². The van der Waals surface area contributed by atoms with Crippen LogP contribution < -0.4 is 5.32 Å². The summed E-state index contributed by atoms with van der Waals surface area (Å²) in [6.45, 7) is 7.92. The molecule has 3 aromatic carbocycles. The molecule has 194 valence electrons. The molecule has 0 bridgehead atoms. The van der Waals surface area contributed by atoms with Crippen LogP contribution in [-0.2, 0) is 17.8 Å². The van der Waals surface area contributed by atoms with Crippen molar-refractivity contribution in [1.82, 2.24) is 14.4 Å². The van der Waals surface area contributed by atoms with Gasteiger partial charge < -0.3 is 19.5 Å². The predicted octanol–water partition coefficient (Wildman–Crippen LogP) is 5.85. The van der Waals surface area contributed by atoms with E-state index < -0.39 is 17.7 Å². The second-order valence-electron chi connectivity index (χ2n) is 9.40. The Labute approximate surface area is 215 Å². The summed E-state index contributed by atoms with van der Waals surface area (Å²) in [6.07, 6.45) is 0.775. The average molecular weight is 507 g/mol. The first kappa shape index (κ1) is 25.2. The minimum absolute atomic E-state index is 0.0361. The van der Waals surface area contributed by atoms with E-state index in [1.54, 1.807) is 4.90 Å². The largest absolute Gasteiger partial charge is 0.379 e. The van der Waals surface area contributed by atoms with Crippen molar-refractivity contribution < 1.29 is 18.3 Å². The van der Waals surface area contributed by atoms with Crippen molar-refractivity contribution in [3.05, 3.63) is 77.9 Å². The Morgan fingerprint density at radius 3 is 2.57 bits per heavy atom. The predicted molar refractivity (Wildman–Crippen MR) is 143 cm³/mol. The quantitative estimate of drug-likeness (QED) is 0.326. The summed E-state index contributed by atoms with van der Waals surface area (Å²) in [4.78, 5) is 17.3. The second-order valence-corrected chi connectivity index (χ2v) is 9.40. The third-order valence-electron chi connectivity index (χ3n) is 6.99. The van der Waals surface area contributed by atoms with Crippen LogP contribution in [-0.4, -0.2) is 59.8 Å². The number of ether oxygens (including phenoxy) is 1. The fraction of sp³-hybridized carbons (Fsp3) is 0.345. The SMILES string of the molecule is CCn1c2ccccc2c2cc(CN(CCCN3CCOCC3)C(=O)Nc3ccc(F)cc3F)ccc21. The van der Waals surface area contributed by atoms with Crippen LogP contribution in [0.2, 0.25) is 0 Å². The molecule has 1 fully saturated rings. The highest BCUT2D eigenvalue weighted by Crippen LogP contribution is 2.30. The molecule has 5 rings (SSSR count). The molecule has 0 atom stereocenters. The zero-order valence-electron chi connectivity index (χ0n) is 21.1. The van der Waals surface area contributed by atoms with Gasteiger partial charge >= 0.3 is 6.03 Å². The van der Waals surface area contributed by atoms with Gasteiger partial charge in [0.15, 0.2) is 0 Å². The van der Waals surface area contributed by atoms with E-state index in [-0.39, 0.29) is 5.69 Å². The Hall–Kier alpha value is -3.49. The standard InChI is InChI=1S/C29H32F2N4O2/c1-2-35-27-7-4-3-6-23(27)24-18-21(8-11-28(24)35)20-34(13-5-12-33-14-16-37-17-15-33)29(36)32-26-10-9-22(30)19-25(26)31/h3-4,6-11,18-19H,2,5,12-17,20H2,1H3,(H,32,36). The number of aromatic nitrogens is 1. The van der Waals surface area contributed by atoms with Gasteiger partial charge in [0, 0.05) is 67.1 Å². The van der Waals surface area contributed by atoms with E-state index in [1.165, 1.54) is 17.0 Å². The van der Waals surface area contributed by atoms with Crippen LogP contribution in [0.3, 0.4) is 0 Å². The smallest absolute Gasteiger partial charge is 0.322 e. The van der Waals surface area contributed by atoms with Gasteiger partial charge in [-0.2, -0.15) is 0 Å². The monoisotopic (exact) mass is 506 g/mol. The number of carbonyl (C=O) groups excluding carboxylic acids is 1. The number of urea groups is 1. The highest BCUT2D eigenvalue weighted by molar-refractivity contribution is 6.08. The van der Waals surface area contributed by atoms with Crippen molar-refractivity contribution in [2.75, 3.05) is 44.7 Å². The maximum Gasteiger partial charge on any atom is 0.322 e. The molecule has 0 saturated carbocycles. The van der Waals surface area contributed by atoms with Gasteiger partial charge in [0.25, 0.3) is 0 Å². The third-order valence-corrected chi connectivity index (χ3v) is 6.99. The van der Waals surface area contributed by atoms with Crippen molar-refractivity contribution >= 4 is 33.5 Å². The van der Waals surface area contributed by atoms with Crippen LogP contribution in [0.1, 0.15) is 18.9 Å². The number of anilines is 1. The third kappa shape index (κ3) is 5.60. The molecule has 4 aromatic rings. The number of nitrogens with one attached hydrogen (secondary N) is 1. The van der Waals surface area contributed by atoms with Gasteiger partial charge in [0.2, 0.25) is 0 Å². The molecule has 6 nitrogen and oxygen atoms in total. The molecule has 1 N–H and O–H groups in total. The first-order valence-corrected chi connectivity index (χ1v) is 12.8. The van der Waals surface area contributed by atoms with Gasteiger partial charge in [-0.3, -0.25) is 4.90 Å². The molecule has 0 unspecified atom stereocenters. The number of hydrogen-bond donors (Lipinski definition) is 1. The normalized spacial score (nSPS) is 14.4. The maximum absolute atomic E-state index is 14.3. The average Bonchev–Trinajstić information content (AvgIpc) is 3.23. The molecule has 1 aliphatic rings. The number of hydrogen-bond acceptors (Lipinski definition) is 3. The summed E-state index contributed by atoms with van der Waals surface area (Å²) in [5, 5.41) is 4.96. The molecule has 8 heteroatoms. The van der Waals surface area contributed by atoms with Crippen molar-refractivity contribution in [2.24, 2.45) is 0 Å². The fourth-order valence-corrected chi connectivity index (χ4v) is 5.11. The van der Waals surface area contributed by atoms with E-state index >= 15 is 0 Å². The molecular formula is C29H32F2N4O2. The number of para-hydroxylation sites is 1. The summed E-state index contributed by atoms with van der Waals surface area (Å²) in [5.41, 5.74) is 3.30. The molecule has 0 aliphatic carbocycles. The molecule has 1 aliphatic heterocycles. The van der Waals surface area contributed by atoms with Crippen LogP contribution in [0.15, 0.2) is 60.7 Å². The zero-order chi connectivity index (χ0) is 25.8. The molecule has 2 heterocycles. The van der Waals surface area contributed by atoms with Gasteiger partial charge in [0.05, 0.1) is 18.9 Å². The van der Waals surface area contributed by atoms with Gasteiger partial charge in [-0.15, -0.1) is 0 Å². The van der Waals surface area contributed by atoms with Gasteiger partial charge in [-0.25, -0.2) is 13.6 Å². The highest BCUT2D eigenvalue weighted by atomic mass is 19.1. The Bertz CT molecular complexity index is 1400. The number of aryl methyl sites for hydroxylation is 1. The summed E-state index contributed by atoms with van der Waals surface area (Å²) in [6, 6.07) is 17.4. The number of halogens is 2. The van der Waals surface area contributed by atoms with Crippen LogP contribution in [0.4, 0.5) is 19.3 Å². The van der Waals surface area contributed by atoms with E-state index in [4.69, 9.17) is 4.74 Å². The molecule has 1 saturated heterocycles. The number of carbonyl (C=O) groups is 1. The minimum atomic E-state index is -0.796. The summed E-state index contributed by atoms with van der Waals surface area (Å²) >= 11 is 0. The fourth-order valence-electron chi connectivity index (χ4n) is 5.11. The summed E-state index contributed by atoms with van der Waals surface area (Å²) in [5.74, 6) is -1.48. The maximum atomic E-state index is 14.3. The topological polar surface area (TPSA) is 49.7 Å². The summed E-state index contributed by atoms with van der Waals surface area (Å²) < 4.78 is 35.3. The number of amides is 2. The first-order valence-electron chi connectivity index (χ1n) is 12.8. The lowest BCUT2D eigenvalue weighted by Crippen LogP contribution is -2.40. The van der Waals surface area contributed by atoms with E-state index in [2.05, 4.69) is 46.0 Å². The van der Waals surface area contributed by atoms with E-state index in [9.17, 15) is 13.6 Å². The number of benzene rings is 3. The van der Waals surface area contributed by atoms with Crippen LogP contribution in [0.25, 0.3) is 21.8 Å². The van der Waals surface area contributed by atoms with Gasteiger partial charge in [0.1, 0.15) is 11.6 Å². The van der Waals surface area contributed by atoms with E-state index in [0.29, 0.717) is 13.1 Å². The van der Waals surface area contributed by atoms with Crippen LogP contribution in [0.5, 0.6) is 0 Å². The lowest BCUT2D eigenvalue weighted by atomic mass is 10.1. The Morgan fingerprint density at radius 2 is 1.78 bits per heavy atom. The number of morpholine rings is 1. The van der Waals surface area contributed by atoms with Crippen LogP contribution in [0, 0.1) is 11.6 Å². The van der Waals surface area contributed by atoms with Crippen LogP contribution >= 0.6 is 0 Å². The van der Waals surface area contributed by atoms with E-state index in [0.717, 1.165) is 74.4 Å². The van der Waals surface area contributed by atoms with Crippen molar-refractivity contribution in [3.8, 4) is 0 Å². The van der Waals surface area contributed by atoms with Crippen molar-refractivity contribution in [3.63, 3.8) is 0 Å². The Kier molecular flexibility index (Phi) is 7.67. The first-order chi connectivity index (χ1) is 18.0. The Morgan fingerprint density at radius 1 is 1.00 bits per heavy atom. The molecule has 37 heavy (non-hydrogen) atoms. The highest BCUT2D eigenvalue weighted by Gasteiger charge is 2.19. The zero-order valence-corrected chi connectivity index (χ0v) is 21.1. The molecule has 0 spiro atoms. The Balaban J connectivity index is 1.38. The molecule has 2 amide bonds. The lowest BCUT2D eigenvalue weighted by molar-refractivity contribution is 0.0365.